The Bertz CT molecular complexity index is 453. The molecule has 1 aromatic carbocycles. The van der Waals surface area contributed by atoms with E-state index in [2.05, 4.69) is 16.1 Å². The minimum Gasteiger partial charge on any atom is -0.341 e. The summed E-state index contributed by atoms with van der Waals surface area (Å²) in [6, 6.07) is 7.79. The molecule has 0 spiro atoms. The van der Waals surface area contributed by atoms with Crippen molar-refractivity contribution in [2.45, 2.75) is 25.8 Å². The fourth-order valence-corrected chi connectivity index (χ4v) is 2.37. The third-order valence-corrected chi connectivity index (χ3v) is 3.42. The maximum atomic E-state index is 11.7. The summed E-state index contributed by atoms with van der Waals surface area (Å²) < 4.78 is 0. The van der Waals surface area contributed by atoms with Crippen LogP contribution in [0, 0.1) is 12.3 Å². The zero-order chi connectivity index (χ0) is 13.5. The molecule has 0 saturated carbocycles. The van der Waals surface area contributed by atoms with E-state index in [9.17, 15) is 4.79 Å². The van der Waals surface area contributed by atoms with Crippen LogP contribution in [0.3, 0.4) is 0 Å². The van der Waals surface area contributed by atoms with E-state index in [0.29, 0.717) is 5.56 Å². The fraction of sp³-hybridized carbons (Fsp3) is 0.438. The topological polar surface area (TPSA) is 32.3 Å². The van der Waals surface area contributed by atoms with Gasteiger partial charge in [-0.25, -0.2) is 0 Å². The predicted octanol–water partition coefficient (Wildman–Crippen LogP) is 2.04. The van der Waals surface area contributed by atoms with Gasteiger partial charge in [0.05, 0.1) is 6.54 Å². The molecule has 0 aliphatic carbocycles. The van der Waals surface area contributed by atoms with Crippen LogP contribution in [0.1, 0.15) is 35.2 Å². The van der Waals surface area contributed by atoms with Gasteiger partial charge in [-0.2, -0.15) is 0 Å². The summed E-state index contributed by atoms with van der Waals surface area (Å²) in [5, 5.41) is 2.66. The van der Waals surface area contributed by atoms with Crippen molar-refractivity contribution in [1.29, 1.82) is 0 Å². The molecule has 3 nitrogen and oxygen atoms in total. The van der Waals surface area contributed by atoms with E-state index < -0.39 is 0 Å². The van der Waals surface area contributed by atoms with Crippen LogP contribution in [0.4, 0.5) is 0 Å². The van der Waals surface area contributed by atoms with E-state index in [4.69, 9.17) is 6.42 Å². The Morgan fingerprint density at radius 1 is 1.21 bits per heavy atom. The quantitative estimate of drug-likeness (QED) is 0.836. The Labute approximate surface area is 115 Å². The van der Waals surface area contributed by atoms with E-state index in [0.717, 1.165) is 6.54 Å². The van der Waals surface area contributed by atoms with Gasteiger partial charge in [0.2, 0.25) is 0 Å². The second-order valence-corrected chi connectivity index (χ2v) is 4.92. The van der Waals surface area contributed by atoms with Crippen LogP contribution in [0.25, 0.3) is 0 Å². The van der Waals surface area contributed by atoms with Crippen molar-refractivity contribution in [3.63, 3.8) is 0 Å². The molecule has 1 aliphatic rings. The van der Waals surface area contributed by atoms with Gasteiger partial charge in [0, 0.05) is 12.1 Å². The Morgan fingerprint density at radius 3 is 2.53 bits per heavy atom. The number of benzene rings is 1. The molecular formula is C16H20N2O. The maximum absolute atomic E-state index is 11.7. The first kappa shape index (κ1) is 13.6. The number of amides is 1. The number of terminal acetylenes is 1. The van der Waals surface area contributed by atoms with E-state index in [-0.39, 0.29) is 12.5 Å². The first-order valence-corrected chi connectivity index (χ1v) is 6.82. The normalized spacial score (nSPS) is 15.7. The molecule has 0 bridgehead atoms. The zero-order valence-corrected chi connectivity index (χ0v) is 11.2. The molecule has 0 atom stereocenters. The first-order chi connectivity index (χ1) is 9.29. The second-order valence-electron chi connectivity index (χ2n) is 4.92. The highest BCUT2D eigenvalue weighted by molar-refractivity contribution is 5.94. The van der Waals surface area contributed by atoms with Crippen LogP contribution in [-0.4, -0.2) is 30.4 Å². The fourth-order valence-electron chi connectivity index (χ4n) is 2.37. The lowest BCUT2D eigenvalue weighted by Crippen LogP contribution is -2.29. The van der Waals surface area contributed by atoms with Crippen LogP contribution < -0.4 is 5.32 Å². The summed E-state index contributed by atoms with van der Waals surface area (Å²) in [7, 11) is 0. The summed E-state index contributed by atoms with van der Waals surface area (Å²) >= 11 is 0. The molecule has 0 radical (unpaired) electrons. The summed E-state index contributed by atoms with van der Waals surface area (Å²) in [5.41, 5.74) is 1.92. The standard InChI is InChI=1S/C16H20N2O/c1-2-10-17-16(19)15-8-6-14(7-9-15)13-18-11-4-3-5-12-18/h1,6-9H,3-5,10-13H2,(H,17,19). The summed E-state index contributed by atoms with van der Waals surface area (Å²) in [6.07, 6.45) is 9.06. The number of hydrogen-bond donors (Lipinski definition) is 1. The van der Waals surface area contributed by atoms with Gasteiger partial charge in [-0.15, -0.1) is 6.42 Å². The molecule has 2 rings (SSSR count). The molecule has 1 heterocycles. The molecule has 0 unspecified atom stereocenters. The van der Waals surface area contributed by atoms with Gasteiger partial charge in [-0.05, 0) is 43.6 Å². The van der Waals surface area contributed by atoms with Crippen molar-refractivity contribution < 1.29 is 4.79 Å². The number of rotatable bonds is 4. The molecule has 19 heavy (non-hydrogen) atoms. The van der Waals surface area contributed by atoms with Gasteiger partial charge in [0.15, 0.2) is 0 Å². The lowest BCUT2D eigenvalue weighted by Gasteiger charge is -2.26. The molecular weight excluding hydrogens is 236 g/mol. The number of carbonyl (C=O) groups is 1. The average Bonchev–Trinajstić information content (AvgIpc) is 2.46. The van der Waals surface area contributed by atoms with Crippen molar-refractivity contribution in [1.82, 2.24) is 10.2 Å². The van der Waals surface area contributed by atoms with Crippen molar-refractivity contribution in [2.24, 2.45) is 0 Å². The molecule has 1 fully saturated rings. The third-order valence-electron chi connectivity index (χ3n) is 3.42. The maximum Gasteiger partial charge on any atom is 0.252 e. The van der Waals surface area contributed by atoms with E-state index >= 15 is 0 Å². The van der Waals surface area contributed by atoms with Crippen LogP contribution in [0.5, 0.6) is 0 Å². The molecule has 1 aliphatic heterocycles. The van der Waals surface area contributed by atoms with Gasteiger partial charge in [-0.3, -0.25) is 9.69 Å². The monoisotopic (exact) mass is 256 g/mol. The molecule has 100 valence electrons. The minimum atomic E-state index is -0.109. The summed E-state index contributed by atoms with van der Waals surface area (Å²) in [5.74, 6) is 2.29. The minimum absolute atomic E-state index is 0.109. The molecule has 1 saturated heterocycles. The van der Waals surface area contributed by atoms with Gasteiger partial charge in [0.1, 0.15) is 0 Å². The largest absolute Gasteiger partial charge is 0.341 e. The Balaban J connectivity index is 1.90. The van der Waals surface area contributed by atoms with Crippen molar-refractivity contribution in [3.8, 4) is 12.3 Å². The number of likely N-dealkylation sites (tertiary alicyclic amines) is 1. The number of hydrogen-bond acceptors (Lipinski definition) is 2. The van der Waals surface area contributed by atoms with Gasteiger partial charge in [-0.1, -0.05) is 24.5 Å². The highest BCUT2D eigenvalue weighted by Crippen LogP contribution is 2.13. The lowest BCUT2D eigenvalue weighted by atomic mass is 10.1. The Kier molecular flexibility index (Phi) is 5.00. The van der Waals surface area contributed by atoms with E-state index in [1.165, 1.54) is 37.9 Å². The van der Waals surface area contributed by atoms with Crippen LogP contribution in [0.2, 0.25) is 0 Å². The predicted molar refractivity (Wildman–Crippen MR) is 76.7 cm³/mol. The second kappa shape index (κ2) is 6.96. The summed E-state index contributed by atoms with van der Waals surface area (Å²) in [6.45, 7) is 3.62. The smallest absolute Gasteiger partial charge is 0.252 e. The number of nitrogens with zero attached hydrogens (tertiary/aromatic N) is 1. The Morgan fingerprint density at radius 2 is 1.89 bits per heavy atom. The van der Waals surface area contributed by atoms with Crippen LogP contribution >= 0.6 is 0 Å². The molecule has 1 amide bonds. The zero-order valence-electron chi connectivity index (χ0n) is 11.2. The van der Waals surface area contributed by atoms with E-state index in [1.807, 2.05) is 24.3 Å². The lowest BCUT2D eigenvalue weighted by molar-refractivity contribution is 0.0958. The number of nitrogens with one attached hydrogen (secondary N) is 1. The molecule has 1 aromatic rings. The van der Waals surface area contributed by atoms with Gasteiger partial charge >= 0.3 is 0 Å². The highest BCUT2D eigenvalue weighted by atomic mass is 16.1. The van der Waals surface area contributed by atoms with Crippen LogP contribution in [-0.2, 0) is 6.54 Å². The van der Waals surface area contributed by atoms with Crippen LogP contribution in [0.15, 0.2) is 24.3 Å². The SMILES string of the molecule is C#CCNC(=O)c1ccc(CN2CCCCC2)cc1. The van der Waals surface area contributed by atoms with Gasteiger partial charge in [0.25, 0.3) is 5.91 Å². The van der Waals surface area contributed by atoms with E-state index in [1.54, 1.807) is 0 Å². The highest BCUT2D eigenvalue weighted by Gasteiger charge is 2.10. The molecule has 0 aromatic heterocycles. The Hall–Kier alpha value is -1.79. The number of carbonyl (C=O) groups excluding carboxylic acids is 1. The average molecular weight is 256 g/mol. The van der Waals surface area contributed by atoms with Crippen molar-refractivity contribution in [2.75, 3.05) is 19.6 Å². The number of piperidine rings is 1. The molecule has 3 heteroatoms. The van der Waals surface area contributed by atoms with Crippen molar-refractivity contribution >= 4 is 5.91 Å². The third kappa shape index (κ3) is 4.11. The van der Waals surface area contributed by atoms with Crippen molar-refractivity contribution in [3.05, 3.63) is 35.4 Å². The van der Waals surface area contributed by atoms with Gasteiger partial charge < -0.3 is 5.32 Å². The first-order valence-electron chi connectivity index (χ1n) is 6.82. The summed E-state index contributed by atoms with van der Waals surface area (Å²) in [4.78, 5) is 14.2. The molecule has 1 N–H and O–H groups in total.